The van der Waals surface area contributed by atoms with Crippen molar-refractivity contribution < 1.29 is 13.5 Å². The molecule has 6 nitrogen and oxygen atoms in total. The zero-order chi connectivity index (χ0) is 14.7. The van der Waals surface area contributed by atoms with Gasteiger partial charge in [0.2, 0.25) is 10.0 Å². The average Bonchev–Trinajstić information content (AvgIpc) is 2.26. The molecule has 1 rings (SSSR count). The fourth-order valence-electron chi connectivity index (χ4n) is 1.86. The Kier molecular flexibility index (Phi) is 4.78. The van der Waals surface area contributed by atoms with Gasteiger partial charge in [0.05, 0.1) is 17.0 Å². The van der Waals surface area contributed by atoms with Gasteiger partial charge in [-0.15, -0.1) is 0 Å². The molecule has 0 amide bonds. The third kappa shape index (κ3) is 4.38. The van der Waals surface area contributed by atoms with E-state index in [9.17, 15) is 13.5 Å². The van der Waals surface area contributed by atoms with Gasteiger partial charge >= 0.3 is 0 Å². The summed E-state index contributed by atoms with van der Waals surface area (Å²) >= 11 is 0. The van der Waals surface area contributed by atoms with Crippen molar-refractivity contribution >= 4 is 21.4 Å². The van der Waals surface area contributed by atoms with Gasteiger partial charge in [0.25, 0.3) is 0 Å². The smallest absolute Gasteiger partial charge is 0.240 e. The van der Waals surface area contributed by atoms with Crippen LogP contribution in [0, 0.1) is 0 Å². The second-order valence-electron chi connectivity index (χ2n) is 4.86. The van der Waals surface area contributed by atoms with Gasteiger partial charge in [-0.05, 0) is 25.5 Å². The highest BCUT2D eigenvalue weighted by Gasteiger charge is 2.20. The molecular weight excluding hydrogens is 266 g/mol. The van der Waals surface area contributed by atoms with E-state index in [1.54, 1.807) is 19.1 Å². The number of para-hydroxylation sites is 1. The first-order valence-corrected chi connectivity index (χ1v) is 7.59. The summed E-state index contributed by atoms with van der Waals surface area (Å²) in [5.74, 6) is 0. The maximum absolute atomic E-state index is 11.3. The van der Waals surface area contributed by atoms with Crippen molar-refractivity contribution in [1.82, 2.24) is 0 Å². The lowest BCUT2D eigenvalue weighted by molar-refractivity contribution is 0.0637. The van der Waals surface area contributed by atoms with Crippen LogP contribution in [0.4, 0.5) is 11.4 Å². The van der Waals surface area contributed by atoms with E-state index in [1.807, 2.05) is 6.92 Å². The van der Waals surface area contributed by atoms with Crippen molar-refractivity contribution in [2.24, 2.45) is 5.14 Å². The molecule has 0 saturated heterocycles. The number of aliphatic hydroxyl groups is 1. The third-order valence-electron chi connectivity index (χ3n) is 2.82. The van der Waals surface area contributed by atoms with Crippen LogP contribution in [-0.2, 0) is 10.0 Å². The Morgan fingerprint density at radius 3 is 2.58 bits per heavy atom. The van der Waals surface area contributed by atoms with Gasteiger partial charge in [0, 0.05) is 6.54 Å². The molecule has 1 aromatic rings. The van der Waals surface area contributed by atoms with Crippen LogP contribution in [0.1, 0.15) is 26.7 Å². The molecular formula is C12H21N3O3S. The van der Waals surface area contributed by atoms with Gasteiger partial charge in [-0.1, -0.05) is 19.4 Å². The molecule has 0 bridgehead atoms. The Morgan fingerprint density at radius 1 is 1.42 bits per heavy atom. The molecule has 0 aliphatic carbocycles. The van der Waals surface area contributed by atoms with E-state index in [0.717, 1.165) is 6.42 Å². The summed E-state index contributed by atoms with van der Waals surface area (Å²) in [7, 11) is -3.85. The van der Waals surface area contributed by atoms with Crippen LogP contribution in [0.5, 0.6) is 0 Å². The average molecular weight is 287 g/mol. The van der Waals surface area contributed by atoms with Crippen molar-refractivity contribution in [2.75, 3.05) is 17.6 Å². The van der Waals surface area contributed by atoms with Crippen LogP contribution in [0.3, 0.4) is 0 Å². The Balaban J connectivity index is 2.92. The van der Waals surface area contributed by atoms with Gasteiger partial charge in [-0.25, -0.2) is 13.6 Å². The standard InChI is InChI=1S/C12H21N3O3S/c1-3-7-12(2,16)8-15-9-5-4-6-10(11(9)13)19(14,17)18/h4-6,15-16H,3,7-8,13H2,1-2H3,(H2,14,17,18). The Morgan fingerprint density at radius 2 is 2.05 bits per heavy atom. The fourth-order valence-corrected chi connectivity index (χ4v) is 2.54. The molecule has 0 radical (unpaired) electrons. The maximum atomic E-state index is 11.3. The molecule has 0 spiro atoms. The van der Waals surface area contributed by atoms with Crippen LogP contribution in [-0.4, -0.2) is 25.7 Å². The van der Waals surface area contributed by atoms with Crippen molar-refractivity contribution in [3.8, 4) is 0 Å². The monoisotopic (exact) mass is 287 g/mol. The van der Waals surface area contributed by atoms with Crippen molar-refractivity contribution in [3.05, 3.63) is 18.2 Å². The second-order valence-corrected chi connectivity index (χ2v) is 6.39. The summed E-state index contributed by atoms with van der Waals surface area (Å²) in [5, 5.41) is 18.1. The SMILES string of the molecule is CCCC(C)(O)CNc1cccc(S(N)(=O)=O)c1N. The number of rotatable bonds is 6. The lowest BCUT2D eigenvalue weighted by atomic mass is 10.0. The van der Waals surface area contributed by atoms with E-state index >= 15 is 0 Å². The summed E-state index contributed by atoms with van der Waals surface area (Å²) in [6, 6.07) is 4.54. The van der Waals surface area contributed by atoms with E-state index < -0.39 is 15.6 Å². The number of anilines is 2. The first-order valence-electron chi connectivity index (χ1n) is 6.05. The normalized spacial score (nSPS) is 14.9. The van der Waals surface area contributed by atoms with E-state index in [4.69, 9.17) is 10.9 Å². The lowest BCUT2D eigenvalue weighted by Gasteiger charge is -2.24. The Hall–Kier alpha value is -1.31. The van der Waals surface area contributed by atoms with E-state index in [1.165, 1.54) is 6.07 Å². The number of nitrogens with one attached hydrogen (secondary N) is 1. The van der Waals surface area contributed by atoms with Crippen LogP contribution in [0.15, 0.2) is 23.1 Å². The van der Waals surface area contributed by atoms with Crippen LogP contribution < -0.4 is 16.2 Å². The second kappa shape index (κ2) is 5.77. The van der Waals surface area contributed by atoms with E-state index in [-0.39, 0.29) is 17.1 Å². The van der Waals surface area contributed by atoms with Gasteiger partial charge in [0.1, 0.15) is 4.90 Å². The quantitative estimate of drug-likeness (QED) is 0.579. The highest BCUT2D eigenvalue weighted by molar-refractivity contribution is 7.89. The fraction of sp³-hybridized carbons (Fsp3) is 0.500. The molecule has 1 unspecified atom stereocenters. The summed E-state index contributed by atoms with van der Waals surface area (Å²) in [5.41, 5.74) is 5.41. The number of sulfonamides is 1. The summed E-state index contributed by atoms with van der Waals surface area (Å²) in [6.45, 7) is 3.97. The van der Waals surface area contributed by atoms with Crippen LogP contribution >= 0.6 is 0 Å². The van der Waals surface area contributed by atoms with E-state index in [0.29, 0.717) is 12.1 Å². The number of primary sulfonamides is 1. The van der Waals surface area contributed by atoms with Gasteiger partial charge < -0.3 is 16.2 Å². The molecule has 0 aliphatic heterocycles. The van der Waals surface area contributed by atoms with Crippen LogP contribution in [0.2, 0.25) is 0 Å². The van der Waals surface area contributed by atoms with Gasteiger partial charge in [-0.2, -0.15) is 0 Å². The number of nitrogens with two attached hydrogens (primary N) is 2. The number of hydrogen-bond acceptors (Lipinski definition) is 5. The molecule has 0 aromatic heterocycles. The molecule has 0 aliphatic rings. The summed E-state index contributed by atoms with van der Waals surface area (Å²) < 4.78 is 22.7. The largest absolute Gasteiger partial charge is 0.396 e. The first kappa shape index (κ1) is 15.7. The minimum absolute atomic E-state index is 0.0669. The first-order chi connectivity index (χ1) is 8.67. The molecule has 1 aromatic carbocycles. The zero-order valence-electron chi connectivity index (χ0n) is 11.2. The van der Waals surface area contributed by atoms with Crippen molar-refractivity contribution in [1.29, 1.82) is 0 Å². The van der Waals surface area contributed by atoms with Crippen LogP contribution in [0.25, 0.3) is 0 Å². The number of benzene rings is 1. The van der Waals surface area contributed by atoms with Crippen molar-refractivity contribution in [3.63, 3.8) is 0 Å². The highest BCUT2D eigenvalue weighted by Crippen LogP contribution is 2.26. The zero-order valence-corrected chi connectivity index (χ0v) is 12.0. The molecule has 0 fully saturated rings. The number of hydrogen-bond donors (Lipinski definition) is 4. The van der Waals surface area contributed by atoms with Gasteiger partial charge in [-0.3, -0.25) is 0 Å². The molecule has 6 N–H and O–H groups in total. The maximum Gasteiger partial charge on any atom is 0.240 e. The molecule has 1 atom stereocenters. The molecule has 0 heterocycles. The summed E-state index contributed by atoms with van der Waals surface area (Å²) in [4.78, 5) is -0.118. The molecule has 7 heteroatoms. The topological polar surface area (TPSA) is 118 Å². The minimum Gasteiger partial charge on any atom is -0.396 e. The molecule has 108 valence electrons. The Labute approximate surface area is 113 Å². The molecule has 19 heavy (non-hydrogen) atoms. The third-order valence-corrected chi connectivity index (χ3v) is 3.79. The highest BCUT2D eigenvalue weighted by atomic mass is 32.2. The molecule has 0 saturated carbocycles. The van der Waals surface area contributed by atoms with E-state index in [2.05, 4.69) is 5.32 Å². The lowest BCUT2D eigenvalue weighted by Crippen LogP contribution is -2.33. The predicted octanol–water partition coefficient (Wildman–Crippen LogP) is 0.879. The Bertz CT molecular complexity index is 541. The predicted molar refractivity (Wildman–Crippen MR) is 76.2 cm³/mol. The van der Waals surface area contributed by atoms with Gasteiger partial charge in [0.15, 0.2) is 0 Å². The van der Waals surface area contributed by atoms with Crippen molar-refractivity contribution in [2.45, 2.75) is 37.2 Å². The minimum atomic E-state index is -3.85. The number of nitrogen functional groups attached to an aromatic ring is 1. The summed E-state index contributed by atoms with van der Waals surface area (Å²) in [6.07, 6.45) is 1.48.